The highest BCUT2D eigenvalue weighted by molar-refractivity contribution is 7.92. The molecule has 6 nitrogen and oxygen atoms in total. The van der Waals surface area contributed by atoms with Gasteiger partial charge in [0, 0.05) is 5.02 Å². The van der Waals surface area contributed by atoms with E-state index >= 15 is 0 Å². The van der Waals surface area contributed by atoms with Gasteiger partial charge in [0.15, 0.2) is 0 Å². The van der Waals surface area contributed by atoms with Crippen molar-refractivity contribution in [3.05, 3.63) is 89.4 Å². The Morgan fingerprint density at radius 2 is 1.71 bits per heavy atom. The number of carbonyl (C=O) groups excluding carboxylic acids is 1. The van der Waals surface area contributed by atoms with Crippen LogP contribution < -0.4 is 14.4 Å². The summed E-state index contributed by atoms with van der Waals surface area (Å²) < 4.78 is 32.9. The van der Waals surface area contributed by atoms with E-state index in [2.05, 4.69) is 5.32 Å². The minimum atomic E-state index is -4.03. The van der Waals surface area contributed by atoms with Crippen LogP contribution in [0.5, 0.6) is 5.75 Å². The standard InChI is InChI=1S/C23H23ClN2O4S/c1-17(18-7-4-3-5-8-18)25-23(27)16-26(20-10-6-9-19(24)15-20)31(28,29)22-13-11-21(30-2)12-14-22/h3-15,17H,16H2,1-2H3,(H,25,27). The van der Waals surface area contributed by atoms with Gasteiger partial charge in [-0.2, -0.15) is 0 Å². The summed E-state index contributed by atoms with van der Waals surface area (Å²) in [4.78, 5) is 12.8. The molecule has 1 atom stereocenters. The van der Waals surface area contributed by atoms with Gasteiger partial charge in [-0.3, -0.25) is 9.10 Å². The molecule has 1 N–H and O–H groups in total. The summed E-state index contributed by atoms with van der Waals surface area (Å²) in [5.41, 5.74) is 1.22. The Bertz CT molecular complexity index is 1140. The van der Waals surface area contributed by atoms with Gasteiger partial charge < -0.3 is 10.1 Å². The Morgan fingerprint density at radius 3 is 2.32 bits per heavy atom. The first-order valence-electron chi connectivity index (χ1n) is 9.58. The van der Waals surface area contributed by atoms with E-state index in [0.29, 0.717) is 16.5 Å². The van der Waals surface area contributed by atoms with Crippen molar-refractivity contribution in [3.63, 3.8) is 0 Å². The van der Waals surface area contributed by atoms with E-state index in [0.717, 1.165) is 9.87 Å². The molecule has 0 saturated heterocycles. The molecule has 0 heterocycles. The quantitative estimate of drug-likeness (QED) is 0.542. The van der Waals surface area contributed by atoms with Crippen LogP contribution in [0.1, 0.15) is 18.5 Å². The smallest absolute Gasteiger partial charge is 0.264 e. The molecule has 0 aliphatic rings. The van der Waals surface area contributed by atoms with Crippen molar-refractivity contribution in [2.24, 2.45) is 0 Å². The summed E-state index contributed by atoms with van der Waals surface area (Å²) in [6.45, 7) is 1.45. The lowest BCUT2D eigenvalue weighted by Gasteiger charge is -2.25. The lowest BCUT2D eigenvalue weighted by molar-refractivity contribution is -0.120. The van der Waals surface area contributed by atoms with E-state index in [1.807, 2.05) is 37.3 Å². The topological polar surface area (TPSA) is 75.7 Å². The fourth-order valence-electron chi connectivity index (χ4n) is 3.06. The van der Waals surface area contributed by atoms with Gasteiger partial charge in [-0.25, -0.2) is 8.42 Å². The Balaban J connectivity index is 1.90. The van der Waals surface area contributed by atoms with Gasteiger partial charge in [0.05, 0.1) is 23.7 Å². The number of hydrogen-bond acceptors (Lipinski definition) is 4. The molecule has 1 unspecified atom stereocenters. The second-order valence-electron chi connectivity index (χ2n) is 6.87. The van der Waals surface area contributed by atoms with Gasteiger partial charge in [-0.05, 0) is 55.0 Å². The van der Waals surface area contributed by atoms with E-state index in [-0.39, 0.29) is 10.9 Å². The number of methoxy groups -OCH3 is 1. The Morgan fingerprint density at radius 1 is 1.03 bits per heavy atom. The first kappa shape index (κ1) is 22.7. The predicted molar refractivity (Wildman–Crippen MR) is 122 cm³/mol. The minimum absolute atomic E-state index is 0.0391. The maximum Gasteiger partial charge on any atom is 0.264 e. The monoisotopic (exact) mass is 458 g/mol. The summed E-state index contributed by atoms with van der Waals surface area (Å²) in [7, 11) is -2.53. The average Bonchev–Trinajstić information content (AvgIpc) is 2.78. The van der Waals surface area contributed by atoms with Gasteiger partial charge in [0.1, 0.15) is 12.3 Å². The number of nitrogens with one attached hydrogen (secondary N) is 1. The molecule has 3 rings (SSSR count). The van der Waals surface area contributed by atoms with E-state index in [1.54, 1.807) is 30.3 Å². The zero-order valence-corrected chi connectivity index (χ0v) is 18.7. The van der Waals surface area contributed by atoms with Crippen molar-refractivity contribution in [2.45, 2.75) is 17.9 Å². The van der Waals surface area contributed by atoms with Gasteiger partial charge in [0.2, 0.25) is 5.91 Å². The van der Waals surface area contributed by atoms with E-state index in [9.17, 15) is 13.2 Å². The van der Waals surface area contributed by atoms with Crippen LogP contribution in [0.15, 0.2) is 83.8 Å². The molecule has 8 heteroatoms. The molecule has 0 spiro atoms. The predicted octanol–water partition coefficient (Wildman–Crippen LogP) is 4.42. The fraction of sp³-hybridized carbons (Fsp3) is 0.174. The van der Waals surface area contributed by atoms with Crippen LogP contribution in [0.25, 0.3) is 0 Å². The summed E-state index contributed by atoms with van der Waals surface area (Å²) >= 11 is 6.09. The second kappa shape index (κ2) is 9.85. The minimum Gasteiger partial charge on any atom is -0.497 e. The Kier molecular flexibility index (Phi) is 7.20. The molecule has 0 aliphatic heterocycles. The number of rotatable bonds is 8. The molecule has 1 amide bonds. The highest BCUT2D eigenvalue weighted by atomic mass is 35.5. The van der Waals surface area contributed by atoms with Crippen LogP contribution in [-0.2, 0) is 14.8 Å². The zero-order chi connectivity index (χ0) is 22.4. The molecular formula is C23H23ClN2O4S. The Labute approximate surface area is 187 Å². The third kappa shape index (κ3) is 5.57. The summed E-state index contributed by atoms with van der Waals surface area (Å²) in [6.07, 6.45) is 0. The van der Waals surface area contributed by atoms with Crippen LogP contribution in [-0.4, -0.2) is 28.0 Å². The van der Waals surface area contributed by atoms with Crippen LogP contribution in [0.3, 0.4) is 0 Å². The SMILES string of the molecule is COc1ccc(S(=O)(=O)N(CC(=O)NC(C)c2ccccc2)c2cccc(Cl)c2)cc1. The maximum absolute atomic E-state index is 13.4. The number of sulfonamides is 1. The number of anilines is 1. The number of amides is 1. The van der Waals surface area contributed by atoms with Crippen molar-refractivity contribution >= 4 is 33.2 Å². The number of hydrogen-bond donors (Lipinski definition) is 1. The van der Waals surface area contributed by atoms with Crippen LogP contribution in [0, 0.1) is 0 Å². The highest BCUT2D eigenvalue weighted by Gasteiger charge is 2.28. The maximum atomic E-state index is 13.4. The van der Waals surface area contributed by atoms with E-state index < -0.39 is 22.5 Å². The van der Waals surface area contributed by atoms with E-state index in [4.69, 9.17) is 16.3 Å². The van der Waals surface area contributed by atoms with Gasteiger partial charge in [0.25, 0.3) is 10.0 Å². The van der Waals surface area contributed by atoms with Gasteiger partial charge in [-0.15, -0.1) is 0 Å². The number of ether oxygens (including phenoxy) is 1. The van der Waals surface area contributed by atoms with Crippen molar-refractivity contribution in [1.82, 2.24) is 5.32 Å². The molecular weight excluding hydrogens is 436 g/mol. The van der Waals surface area contributed by atoms with Crippen LogP contribution in [0.2, 0.25) is 5.02 Å². The molecule has 3 aromatic carbocycles. The first-order valence-corrected chi connectivity index (χ1v) is 11.4. The molecule has 0 fully saturated rings. The summed E-state index contributed by atoms with van der Waals surface area (Å²) in [6, 6.07) is 21.5. The normalized spacial score (nSPS) is 12.1. The lowest BCUT2D eigenvalue weighted by Crippen LogP contribution is -2.41. The summed E-state index contributed by atoms with van der Waals surface area (Å²) in [5, 5.41) is 3.22. The fourth-order valence-corrected chi connectivity index (χ4v) is 4.66. The molecule has 0 saturated carbocycles. The van der Waals surface area contributed by atoms with Crippen molar-refractivity contribution in [1.29, 1.82) is 0 Å². The average molecular weight is 459 g/mol. The van der Waals surface area contributed by atoms with Gasteiger partial charge >= 0.3 is 0 Å². The molecule has 3 aromatic rings. The number of halogens is 1. The van der Waals surface area contributed by atoms with Crippen LogP contribution in [0.4, 0.5) is 5.69 Å². The summed E-state index contributed by atoms with van der Waals surface area (Å²) in [5.74, 6) is 0.0936. The van der Waals surface area contributed by atoms with Crippen molar-refractivity contribution < 1.29 is 17.9 Å². The number of nitrogens with zero attached hydrogens (tertiary/aromatic N) is 1. The Hall–Kier alpha value is -3.03. The molecule has 162 valence electrons. The molecule has 31 heavy (non-hydrogen) atoms. The highest BCUT2D eigenvalue weighted by Crippen LogP contribution is 2.27. The third-order valence-corrected chi connectivity index (χ3v) is 6.73. The number of carbonyl (C=O) groups is 1. The molecule has 0 radical (unpaired) electrons. The second-order valence-corrected chi connectivity index (χ2v) is 9.17. The number of benzene rings is 3. The zero-order valence-electron chi connectivity index (χ0n) is 17.2. The molecule has 0 aromatic heterocycles. The van der Waals surface area contributed by atoms with Crippen molar-refractivity contribution in [3.8, 4) is 5.75 Å². The van der Waals surface area contributed by atoms with E-state index in [1.165, 1.54) is 25.3 Å². The first-order chi connectivity index (χ1) is 14.8. The van der Waals surface area contributed by atoms with Crippen molar-refractivity contribution in [2.75, 3.05) is 18.0 Å². The molecule has 0 bridgehead atoms. The molecule has 0 aliphatic carbocycles. The third-order valence-electron chi connectivity index (χ3n) is 4.71. The van der Waals surface area contributed by atoms with Crippen LogP contribution >= 0.6 is 11.6 Å². The lowest BCUT2D eigenvalue weighted by atomic mass is 10.1. The van der Waals surface area contributed by atoms with Gasteiger partial charge in [-0.1, -0.05) is 48.0 Å². The largest absolute Gasteiger partial charge is 0.497 e.